The van der Waals surface area contributed by atoms with Crippen molar-refractivity contribution < 1.29 is 13.9 Å². The van der Waals surface area contributed by atoms with Crippen LogP contribution >= 0.6 is 0 Å². The van der Waals surface area contributed by atoms with Crippen molar-refractivity contribution in [2.24, 2.45) is 16.6 Å². The number of benzene rings is 1. The Bertz CT molecular complexity index is 1020. The first-order valence-electron chi connectivity index (χ1n) is 9.71. The summed E-state index contributed by atoms with van der Waals surface area (Å²) >= 11 is 0. The summed E-state index contributed by atoms with van der Waals surface area (Å²) in [6, 6.07) is 4.75. The van der Waals surface area contributed by atoms with Crippen LogP contribution in [-0.2, 0) is 16.7 Å². The van der Waals surface area contributed by atoms with Crippen LogP contribution in [0.4, 0.5) is 4.39 Å². The number of rotatable bonds is 4. The molecule has 150 valence electrons. The van der Waals surface area contributed by atoms with E-state index in [1.54, 1.807) is 18.3 Å². The van der Waals surface area contributed by atoms with Gasteiger partial charge in [0.05, 0.1) is 11.9 Å². The Hall–Kier alpha value is -3.09. The van der Waals surface area contributed by atoms with Gasteiger partial charge in [0.25, 0.3) is 6.02 Å². The van der Waals surface area contributed by atoms with Gasteiger partial charge in [0.15, 0.2) is 5.78 Å². The van der Waals surface area contributed by atoms with E-state index in [0.717, 1.165) is 30.7 Å². The number of nitrogens with zero attached hydrogens (tertiary/aromatic N) is 3. The van der Waals surface area contributed by atoms with Crippen LogP contribution in [0.15, 0.2) is 47.4 Å². The molecule has 0 spiro atoms. The summed E-state index contributed by atoms with van der Waals surface area (Å²) in [5, 5.41) is 0. The quantitative estimate of drug-likeness (QED) is 0.800. The molecule has 2 atom stereocenters. The highest BCUT2D eigenvalue weighted by atomic mass is 19.1. The standard InChI is InChI=1S/C22H23FN4O2/c1-13-11-26-18(12-25-13)19(28)10-14-7-8-17(23)16(9-14)22(2)15-5-3-4-6-20(15)29-21(24)27-22/h6-9,11-12,15H,3-5,10H2,1-2H3,(H2,24,27)/t15?,22-/m0/s1. The summed E-state index contributed by atoms with van der Waals surface area (Å²) < 4.78 is 20.5. The van der Waals surface area contributed by atoms with Gasteiger partial charge in [-0.1, -0.05) is 6.07 Å². The first-order valence-corrected chi connectivity index (χ1v) is 9.71. The summed E-state index contributed by atoms with van der Waals surface area (Å²) in [5.74, 6) is 0.115. The average Bonchev–Trinajstić information content (AvgIpc) is 2.69. The highest BCUT2D eigenvalue weighted by molar-refractivity contribution is 5.95. The molecule has 0 bridgehead atoms. The van der Waals surface area contributed by atoms with Crippen molar-refractivity contribution in [1.29, 1.82) is 0 Å². The van der Waals surface area contributed by atoms with Crippen LogP contribution in [0.3, 0.4) is 0 Å². The summed E-state index contributed by atoms with van der Waals surface area (Å²) in [6.45, 7) is 3.68. The Morgan fingerprint density at radius 1 is 1.34 bits per heavy atom. The van der Waals surface area contributed by atoms with Crippen molar-refractivity contribution >= 4 is 11.8 Å². The van der Waals surface area contributed by atoms with E-state index in [9.17, 15) is 9.18 Å². The largest absolute Gasteiger partial charge is 0.431 e. The van der Waals surface area contributed by atoms with E-state index in [-0.39, 0.29) is 30.0 Å². The molecule has 1 unspecified atom stereocenters. The minimum Gasteiger partial charge on any atom is -0.431 e. The van der Waals surface area contributed by atoms with Crippen molar-refractivity contribution in [2.45, 2.75) is 45.1 Å². The molecule has 2 heterocycles. The Morgan fingerprint density at radius 3 is 2.93 bits per heavy atom. The second-order valence-electron chi connectivity index (χ2n) is 7.75. The Balaban J connectivity index is 1.68. The van der Waals surface area contributed by atoms with Gasteiger partial charge in [-0.25, -0.2) is 14.4 Å². The second kappa shape index (κ2) is 7.39. The lowest BCUT2D eigenvalue weighted by molar-refractivity contribution is 0.0987. The fraction of sp³-hybridized carbons (Fsp3) is 0.364. The summed E-state index contributed by atoms with van der Waals surface area (Å²) in [4.78, 5) is 25.3. The van der Waals surface area contributed by atoms with Crippen molar-refractivity contribution in [1.82, 2.24) is 9.97 Å². The number of halogens is 1. The molecule has 2 N–H and O–H groups in total. The summed E-state index contributed by atoms with van der Waals surface area (Å²) in [7, 11) is 0. The number of ketones is 1. The molecule has 1 aliphatic carbocycles. The van der Waals surface area contributed by atoms with Gasteiger partial charge in [-0.15, -0.1) is 0 Å². The lowest BCUT2D eigenvalue weighted by Crippen LogP contribution is -2.42. The molecule has 0 saturated heterocycles. The maximum Gasteiger partial charge on any atom is 0.288 e. The zero-order chi connectivity index (χ0) is 20.6. The monoisotopic (exact) mass is 394 g/mol. The van der Waals surface area contributed by atoms with Gasteiger partial charge in [-0.05, 0) is 56.9 Å². The molecule has 6 nitrogen and oxygen atoms in total. The van der Waals surface area contributed by atoms with E-state index in [1.165, 1.54) is 12.3 Å². The van der Waals surface area contributed by atoms with Crippen LogP contribution in [0.25, 0.3) is 0 Å². The number of allylic oxidation sites excluding steroid dienone is 1. The number of amidine groups is 1. The van der Waals surface area contributed by atoms with Gasteiger partial charge < -0.3 is 10.5 Å². The van der Waals surface area contributed by atoms with Crippen molar-refractivity contribution in [2.75, 3.05) is 0 Å². The van der Waals surface area contributed by atoms with E-state index in [1.807, 2.05) is 19.9 Å². The average molecular weight is 394 g/mol. The predicted octanol–water partition coefficient (Wildman–Crippen LogP) is 3.59. The maximum absolute atomic E-state index is 14.9. The van der Waals surface area contributed by atoms with Crippen molar-refractivity contribution in [3.63, 3.8) is 0 Å². The van der Waals surface area contributed by atoms with Crippen LogP contribution in [-0.4, -0.2) is 21.8 Å². The topological polar surface area (TPSA) is 90.5 Å². The number of aryl methyl sites for hydroxylation is 1. The molecule has 1 aromatic carbocycles. The molecule has 0 amide bonds. The number of hydrogen-bond acceptors (Lipinski definition) is 6. The number of hydrogen-bond donors (Lipinski definition) is 1. The van der Waals surface area contributed by atoms with Gasteiger partial charge in [0.1, 0.15) is 22.8 Å². The van der Waals surface area contributed by atoms with Crippen LogP contribution in [0.2, 0.25) is 0 Å². The van der Waals surface area contributed by atoms with E-state index in [2.05, 4.69) is 15.0 Å². The molecule has 2 aromatic rings. The molecule has 4 rings (SSSR count). The highest BCUT2D eigenvalue weighted by Crippen LogP contribution is 2.46. The van der Waals surface area contributed by atoms with Gasteiger partial charge >= 0.3 is 0 Å². The molecule has 1 aromatic heterocycles. The van der Waals surface area contributed by atoms with Gasteiger partial charge in [-0.3, -0.25) is 9.78 Å². The molecule has 1 aliphatic heterocycles. The SMILES string of the molecule is Cc1cnc(C(=O)Cc2ccc(F)c([C@@]3(C)N=C(N)OC4=CCCCC43)c2)cn1. The zero-order valence-corrected chi connectivity index (χ0v) is 16.5. The zero-order valence-electron chi connectivity index (χ0n) is 16.5. The van der Waals surface area contributed by atoms with Gasteiger partial charge in [-0.2, -0.15) is 0 Å². The minimum atomic E-state index is -0.888. The number of aromatic nitrogens is 2. The lowest BCUT2D eigenvalue weighted by Gasteiger charge is -2.41. The van der Waals surface area contributed by atoms with Crippen molar-refractivity contribution in [3.05, 3.63) is 70.8 Å². The fourth-order valence-electron chi connectivity index (χ4n) is 4.10. The third kappa shape index (κ3) is 3.64. The molecule has 2 aliphatic rings. The normalized spacial score (nSPS) is 23.5. The molecule has 0 radical (unpaired) electrons. The molecule has 0 saturated carbocycles. The molecular weight excluding hydrogens is 371 g/mol. The van der Waals surface area contributed by atoms with Crippen molar-refractivity contribution in [3.8, 4) is 0 Å². The number of nitrogens with two attached hydrogens (primary N) is 1. The van der Waals surface area contributed by atoms with Crippen LogP contribution in [0, 0.1) is 18.7 Å². The highest BCUT2D eigenvalue weighted by Gasteiger charge is 2.45. The van der Waals surface area contributed by atoms with Crippen LogP contribution in [0.1, 0.15) is 53.5 Å². The van der Waals surface area contributed by atoms with E-state index in [0.29, 0.717) is 16.8 Å². The van der Waals surface area contributed by atoms with E-state index in [4.69, 9.17) is 10.5 Å². The Kier molecular flexibility index (Phi) is 4.90. The first-order chi connectivity index (χ1) is 13.9. The lowest BCUT2D eigenvalue weighted by atomic mass is 9.73. The van der Waals surface area contributed by atoms with Crippen LogP contribution in [0.5, 0.6) is 0 Å². The third-order valence-corrected chi connectivity index (χ3v) is 5.64. The van der Waals surface area contributed by atoms with E-state index < -0.39 is 5.54 Å². The summed E-state index contributed by atoms with van der Waals surface area (Å²) in [6.07, 6.45) is 7.85. The van der Waals surface area contributed by atoms with Gasteiger partial charge in [0, 0.05) is 24.1 Å². The van der Waals surface area contributed by atoms with E-state index >= 15 is 0 Å². The molecular formula is C22H23FN4O2. The smallest absolute Gasteiger partial charge is 0.288 e. The van der Waals surface area contributed by atoms with Gasteiger partial charge in [0.2, 0.25) is 0 Å². The summed E-state index contributed by atoms with van der Waals surface area (Å²) in [5.41, 5.74) is 7.16. The number of carbonyl (C=O) groups is 1. The molecule has 29 heavy (non-hydrogen) atoms. The maximum atomic E-state index is 14.9. The first kappa shape index (κ1) is 19.2. The van der Waals surface area contributed by atoms with Crippen LogP contribution < -0.4 is 5.73 Å². The fourth-order valence-corrected chi connectivity index (χ4v) is 4.10. The number of Topliss-reactive ketones (excluding diaryl/α,β-unsaturated/α-hetero) is 1. The Morgan fingerprint density at radius 2 is 2.17 bits per heavy atom. The second-order valence-corrected chi connectivity index (χ2v) is 7.75. The number of carbonyl (C=O) groups excluding carboxylic acids is 1. The number of ether oxygens (including phenoxy) is 1. The molecule has 0 fully saturated rings. The molecule has 7 heteroatoms. The number of aliphatic imine (C=N–C) groups is 1. The Labute approximate surface area is 168 Å². The predicted molar refractivity (Wildman–Crippen MR) is 107 cm³/mol. The number of fused-ring (bicyclic) bond motifs is 1. The third-order valence-electron chi connectivity index (χ3n) is 5.64. The minimum absolute atomic E-state index is 0.0349.